The molecule has 6 aromatic carbocycles. The molecular formula is C56H58O6. The van der Waals surface area contributed by atoms with E-state index in [0.717, 1.165) is 52.6 Å². The van der Waals surface area contributed by atoms with Gasteiger partial charge in [-0.15, -0.1) is 0 Å². The predicted molar refractivity (Wildman–Crippen MR) is 241 cm³/mol. The van der Waals surface area contributed by atoms with Gasteiger partial charge >= 0.3 is 0 Å². The number of fused-ring (bicyclic) bond motifs is 4. The van der Waals surface area contributed by atoms with E-state index in [1.54, 1.807) is 0 Å². The monoisotopic (exact) mass is 826 g/mol. The van der Waals surface area contributed by atoms with Crippen molar-refractivity contribution in [2.75, 3.05) is 0 Å². The summed E-state index contributed by atoms with van der Waals surface area (Å²) in [5.74, 6) is -0.388. The Morgan fingerprint density at radius 2 is 0.823 bits per heavy atom. The van der Waals surface area contributed by atoms with Crippen LogP contribution in [0.15, 0.2) is 182 Å². The van der Waals surface area contributed by atoms with E-state index in [1.807, 2.05) is 18.2 Å². The summed E-state index contributed by atoms with van der Waals surface area (Å²) in [5.41, 5.74) is 4.88. The van der Waals surface area contributed by atoms with E-state index in [9.17, 15) is 0 Å². The molecule has 6 nitrogen and oxygen atoms in total. The summed E-state index contributed by atoms with van der Waals surface area (Å²) in [6.07, 6.45) is -0.638. The summed E-state index contributed by atoms with van der Waals surface area (Å²) in [5, 5.41) is 0. The molecule has 3 saturated carbocycles. The summed E-state index contributed by atoms with van der Waals surface area (Å²) in [6.45, 7) is 8.28. The standard InChI is InChI=1S/C56H58O6/c1-53(2)46-34-35-54(53,3)55(36-46)60-50-48(58-38-41-24-12-5-13-25-41)47(57-37-40-22-10-4-11-23-40)49(59-39-42-26-14-6-15-27-42)51(52(50)61-55)62-56(43-28-16-7-17-29-43,44-30-18-8-19-31-44)45-32-20-9-21-33-45/h4-33,46-52H,34-39H2,1-3H3/t46-,47+,48+,49-,50+,51+,52+,54-,55+/m0/s1. The summed E-state index contributed by atoms with van der Waals surface area (Å²) in [6, 6.07) is 62.8. The zero-order valence-electron chi connectivity index (χ0n) is 36.1. The van der Waals surface area contributed by atoms with E-state index in [0.29, 0.717) is 25.7 Å². The second-order valence-electron chi connectivity index (χ2n) is 18.6. The lowest BCUT2D eigenvalue weighted by Crippen LogP contribution is -2.66. The molecule has 6 heteroatoms. The third-order valence-corrected chi connectivity index (χ3v) is 15.1. The van der Waals surface area contributed by atoms with Gasteiger partial charge in [0.1, 0.15) is 42.2 Å². The molecule has 1 heterocycles. The number of ether oxygens (including phenoxy) is 6. The van der Waals surface area contributed by atoms with E-state index >= 15 is 0 Å². The van der Waals surface area contributed by atoms with Crippen LogP contribution in [-0.4, -0.2) is 42.4 Å². The van der Waals surface area contributed by atoms with Crippen LogP contribution in [0.3, 0.4) is 0 Å². The molecule has 0 N–H and O–H groups in total. The minimum atomic E-state index is -1.08. The van der Waals surface area contributed by atoms with Crippen LogP contribution < -0.4 is 0 Å². The van der Waals surface area contributed by atoms with Crippen molar-refractivity contribution in [3.05, 3.63) is 215 Å². The van der Waals surface area contributed by atoms with Crippen LogP contribution in [0.2, 0.25) is 0 Å². The van der Waals surface area contributed by atoms with E-state index in [2.05, 4.69) is 185 Å². The maximum absolute atomic E-state index is 8.15. The van der Waals surface area contributed by atoms with E-state index in [1.165, 1.54) is 0 Å². The van der Waals surface area contributed by atoms with Crippen molar-refractivity contribution in [1.29, 1.82) is 0 Å². The van der Waals surface area contributed by atoms with Gasteiger partial charge in [-0.3, -0.25) is 0 Å². The zero-order chi connectivity index (χ0) is 42.2. The van der Waals surface area contributed by atoms with Crippen molar-refractivity contribution < 1.29 is 28.4 Å². The summed E-state index contributed by atoms with van der Waals surface area (Å²) < 4.78 is 45.4. The quantitative estimate of drug-likeness (QED) is 0.102. The van der Waals surface area contributed by atoms with Crippen molar-refractivity contribution in [1.82, 2.24) is 0 Å². The maximum atomic E-state index is 8.15. The lowest BCUT2D eigenvalue weighted by Gasteiger charge is -2.50. The first-order chi connectivity index (χ1) is 30.3. The molecule has 6 aromatic rings. The maximum Gasteiger partial charge on any atom is 0.175 e. The topological polar surface area (TPSA) is 55.4 Å². The molecule has 0 radical (unpaired) electrons. The highest BCUT2D eigenvalue weighted by Gasteiger charge is 2.76. The van der Waals surface area contributed by atoms with Crippen LogP contribution in [0.25, 0.3) is 0 Å². The molecule has 0 amide bonds. The number of rotatable bonds is 14. The second kappa shape index (κ2) is 17.0. The second-order valence-corrected chi connectivity index (χ2v) is 18.6. The third kappa shape index (κ3) is 7.15. The van der Waals surface area contributed by atoms with Gasteiger partial charge in [0.05, 0.1) is 19.8 Å². The minimum absolute atomic E-state index is 0.00549. The average molecular weight is 827 g/mol. The fourth-order valence-electron chi connectivity index (χ4n) is 11.3. The molecule has 4 aliphatic rings. The Labute approximate surface area is 367 Å². The Kier molecular flexibility index (Phi) is 11.3. The number of hydrogen-bond acceptors (Lipinski definition) is 6. The Morgan fingerprint density at radius 3 is 1.19 bits per heavy atom. The van der Waals surface area contributed by atoms with Gasteiger partial charge in [0.25, 0.3) is 0 Å². The van der Waals surface area contributed by atoms with Crippen LogP contribution >= 0.6 is 0 Å². The Hall–Kier alpha value is -4.92. The number of hydrogen-bond donors (Lipinski definition) is 0. The van der Waals surface area contributed by atoms with Gasteiger partial charge in [0.15, 0.2) is 5.79 Å². The van der Waals surface area contributed by atoms with Gasteiger partial charge in [-0.1, -0.05) is 203 Å². The highest BCUT2D eigenvalue weighted by Crippen LogP contribution is 2.73. The minimum Gasteiger partial charge on any atom is -0.368 e. The van der Waals surface area contributed by atoms with Crippen molar-refractivity contribution in [3.63, 3.8) is 0 Å². The lowest BCUT2D eigenvalue weighted by molar-refractivity contribution is -0.266. The molecule has 4 fully saturated rings. The van der Waals surface area contributed by atoms with Gasteiger partial charge in [-0.2, -0.15) is 0 Å². The molecule has 1 aliphatic heterocycles. The SMILES string of the molecule is CC1(C)[C@H]2CC[C@]1(C)[C@]1(C2)O[C@@H]2[C@H](OCc3ccccc3)[C@@H](OCc3ccccc3)[C@H](OCc3ccccc3)[C@@H](OC(c3ccccc3)(c3ccccc3)c3ccccc3)[C@@H]2O1. The van der Waals surface area contributed by atoms with E-state index in [4.69, 9.17) is 28.4 Å². The Bertz CT molecular complexity index is 2260. The molecule has 0 aromatic heterocycles. The van der Waals surface area contributed by atoms with Crippen LogP contribution in [0.1, 0.15) is 73.4 Å². The normalized spacial score (nSPS) is 29.8. The molecule has 62 heavy (non-hydrogen) atoms. The molecule has 3 aliphatic carbocycles. The van der Waals surface area contributed by atoms with Gasteiger partial charge in [0, 0.05) is 11.8 Å². The highest BCUT2D eigenvalue weighted by molar-refractivity contribution is 5.48. The molecule has 318 valence electrons. The predicted octanol–water partition coefficient (Wildman–Crippen LogP) is 11.5. The van der Waals surface area contributed by atoms with E-state index in [-0.39, 0.29) is 10.8 Å². The molecule has 10 rings (SSSR count). The average Bonchev–Trinajstić information content (AvgIpc) is 3.87. The summed E-state index contributed by atoms with van der Waals surface area (Å²) >= 11 is 0. The molecule has 0 unspecified atom stereocenters. The highest BCUT2D eigenvalue weighted by atomic mass is 16.8. The van der Waals surface area contributed by atoms with Gasteiger partial charge in [0.2, 0.25) is 0 Å². The first kappa shape index (κ1) is 41.1. The molecule has 2 bridgehead atoms. The van der Waals surface area contributed by atoms with E-state index < -0.39 is 48.0 Å². The fraction of sp³-hybridized carbons (Fsp3) is 0.357. The molecule has 1 saturated heterocycles. The molecule has 1 spiro atoms. The lowest BCUT2D eigenvalue weighted by atomic mass is 9.68. The van der Waals surface area contributed by atoms with Crippen LogP contribution in [0.4, 0.5) is 0 Å². The summed E-state index contributed by atoms with van der Waals surface area (Å²) in [7, 11) is 0. The van der Waals surface area contributed by atoms with Gasteiger partial charge < -0.3 is 28.4 Å². The zero-order valence-corrected chi connectivity index (χ0v) is 36.1. The van der Waals surface area contributed by atoms with Crippen molar-refractivity contribution in [2.45, 2.75) is 108 Å². The third-order valence-electron chi connectivity index (χ3n) is 15.1. The van der Waals surface area contributed by atoms with Crippen molar-refractivity contribution >= 4 is 0 Å². The molecule has 9 atom stereocenters. The first-order valence-corrected chi connectivity index (χ1v) is 22.5. The summed E-state index contributed by atoms with van der Waals surface area (Å²) in [4.78, 5) is 0. The molecular weight excluding hydrogens is 769 g/mol. The van der Waals surface area contributed by atoms with Crippen LogP contribution in [0.5, 0.6) is 0 Å². The fourth-order valence-corrected chi connectivity index (χ4v) is 11.3. The van der Waals surface area contributed by atoms with Gasteiger partial charge in [-0.05, 0) is 57.6 Å². The Morgan fingerprint density at radius 1 is 0.468 bits per heavy atom. The van der Waals surface area contributed by atoms with Crippen molar-refractivity contribution in [3.8, 4) is 0 Å². The van der Waals surface area contributed by atoms with Crippen LogP contribution in [0, 0.1) is 16.7 Å². The number of benzene rings is 6. The van der Waals surface area contributed by atoms with Crippen LogP contribution in [-0.2, 0) is 53.8 Å². The Balaban J connectivity index is 1.17. The smallest absolute Gasteiger partial charge is 0.175 e. The first-order valence-electron chi connectivity index (χ1n) is 22.5. The van der Waals surface area contributed by atoms with Crippen molar-refractivity contribution in [2.24, 2.45) is 16.7 Å². The largest absolute Gasteiger partial charge is 0.368 e. The van der Waals surface area contributed by atoms with Gasteiger partial charge in [-0.25, -0.2) is 0 Å².